The van der Waals surface area contributed by atoms with Crippen LogP contribution in [0.2, 0.25) is 0 Å². The van der Waals surface area contributed by atoms with Crippen molar-refractivity contribution in [2.45, 2.75) is 44.4 Å². The molecule has 0 radical (unpaired) electrons. The second-order valence-electron chi connectivity index (χ2n) is 3.46. The van der Waals surface area contributed by atoms with Crippen LogP contribution in [0.4, 0.5) is 0 Å². The number of sulfonamides is 1. The molecule has 0 aliphatic heterocycles. The van der Waals surface area contributed by atoms with Crippen LogP contribution in [0, 0.1) is 11.3 Å². The summed E-state index contributed by atoms with van der Waals surface area (Å²) in [5, 5.41) is 16.2. The summed E-state index contributed by atoms with van der Waals surface area (Å²) in [5.41, 5.74) is 0. The smallest absolute Gasteiger partial charge is 0.228 e. The van der Waals surface area contributed by atoms with Gasteiger partial charge in [-0.1, -0.05) is 6.92 Å². The van der Waals surface area contributed by atoms with Crippen molar-refractivity contribution >= 4 is 10.0 Å². The molecule has 2 unspecified atom stereocenters. The fraction of sp³-hybridized carbons (Fsp3) is 0.889. The molecule has 0 heterocycles. The lowest BCUT2D eigenvalue weighted by Gasteiger charge is -2.15. The molecule has 5 nitrogen and oxygen atoms in total. The number of nitriles is 1. The lowest BCUT2D eigenvalue weighted by Crippen LogP contribution is -2.39. The van der Waals surface area contributed by atoms with E-state index in [1.165, 1.54) is 0 Å². The molecule has 0 saturated heterocycles. The summed E-state index contributed by atoms with van der Waals surface area (Å²) in [6.45, 7) is 3.42. The Morgan fingerprint density at radius 1 is 1.53 bits per heavy atom. The van der Waals surface area contributed by atoms with E-state index in [4.69, 9.17) is 10.4 Å². The Labute approximate surface area is 91.2 Å². The molecule has 0 amide bonds. The molecule has 2 atom stereocenters. The average molecular weight is 234 g/mol. The van der Waals surface area contributed by atoms with E-state index in [-0.39, 0.29) is 19.1 Å². The van der Waals surface area contributed by atoms with Gasteiger partial charge in [0, 0.05) is 12.6 Å². The van der Waals surface area contributed by atoms with Gasteiger partial charge in [0.05, 0.1) is 6.07 Å². The maximum Gasteiger partial charge on any atom is 0.228 e. The molecule has 0 aliphatic rings. The minimum Gasteiger partial charge on any atom is -0.396 e. The Morgan fingerprint density at radius 2 is 2.13 bits per heavy atom. The van der Waals surface area contributed by atoms with Crippen molar-refractivity contribution in [2.75, 3.05) is 6.61 Å². The predicted molar refractivity (Wildman–Crippen MR) is 57.5 cm³/mol. The summed E-state index contributed by atoms with van der Waals surface area (Å²) in [6.07, 6.45) is 1.39. The first-order valence-electron chi connectivity index (χ1n) is 4.99. The fourth-order valence-electron chi connectivity index (χ4n) is 1.20. The van der Waals surface area contributed by atoms with Crippen LogP contribution in [0.3, 0.4) is 0 Å². The van der Waals surface area contributed by atoms with E-state index in [9.17, 15) is 8.42 Å². The Morgan fingerprint density at radius 3 is 2.53 bits per heavy atom. The summed E-state index contributed by atoms with van der Waals surface area (Å²) in [5.74, 6) is 0. The standard InChI is InChI=1S/C9H18N2O3S/c1-3-9(7-10)15(13,14)11-8(2)5-4-6-12/h8-9,11-12H,3-6H2,1-2H3. The zero-order valence-corrected chi connectivity index (χ0v) is 9.92. The minimum absolute atomic E-state index is 0.0432. The van der Waals surface area contributed by atoms with Gasteiger partial charge in [-0.3, -0.25) is 0 Å². The van der Waals surface area contributed by atoms with Crippen LogP contribution in [0.1, 0.15) is 33.1 Å². The van der Waals surface area contributed by atoms with Gasteiger partial charge in [-0.25, -0.2) is 13.1 Å². The number of nitrogens with zero attached hydrogens (tertiary/aromatic N) is 1. The van der Waals surface area contributed by atoms with E-state index in [1.54, 1.807) is 19.9 Å². The van der Waals surface area contributed by atoms with Crippen LogP contribution < -0.4 is 4.72 Å². The highest BCUT2D eigenvalue weighted by molar-refractivity contribution is 7.90. The Hall–Kier alpha value is -0.640. The molecule has 2 N–H and O–H groups in total. The van der Waals surface area contributed by atoms with Crippen LogP contribution in [-0.2, 0) is 10.0 Å². The van der Waals surface area contributed by atoms with Gasteiger partial charge in [-0.05, 0) is 26.2 Å². The molecule has 0 aromatic rings. The number of rotatable bonds is 7. The van der Waals surface area contributed by atoms with Gasteiger partial charge in [0.25, 0.3) is 0 Å². The topological polar surface area (TPSA) is 90.2 Å². The Balaban J connectivity index is 4.32. The van der Waals surface area contributed by atoms with E-state index in [2.05, 4.69) is 4.72 Å². The molecular formula is C9H18N2O3S. The van der Waals surface area contributed by atoms with E-state index in [0.29, 0.717) is 12.8 Å². The van der Waals surface area contributed by atoms with Gasteiger partial charge in [0.2, 0.25) is 10.0 Å². The third-order valence-electron chi connectivity index (χ3n) is 2.05. The van der Waals surface area contributed by atoms with E-state index in [0.717, 1.165) is 0 Å². The first-order chi connectivity index (χ1) is 6.97. The summed E-state index contributed by atoms with van der Waals surface area (Å²) in [6, 6.07) is 1.51. The van der Waals surface area contributed by atoms with Gasteiger partial charge < -0.3 is 5.11 Å². The second kappa shape index (κ2) is 6.77. The quantitative estimate of drug-likeness (QED) is 0.666. The van der Waals surface area contributed by atoms with Crippen LogP contribution in [-0.4, -0.2) is 31.4 Å². The zero-order chi connectivity index (χ0) is 11.9. The molecular weight excluding hydrogens is 216 g/mol. The summed E-state index contributed by atoms with van der Waals surface area (Å²) >= 11 is 0. The molecule has 0 rings (SSSR count). The van der Waals surface area contributed by atoms with E-state index >= 15 is 0 Å². The van der Waals surface area contributed by atoms with Crippen LogP contribution >= 0.6 is 0 Å². The first-order valence-corrected chi connectivity index (χ1v) is 6.54. The normalized spacial score (nSPS) is 15.6. The molecule has 0 fully saturated rings. The van der Waals surface area contributed by atoms with Gasteiger partial charge >= 0.3 is 0 Å². The minimum atomic E-state index is -3.54. The van der Waals surface area contributed by atoms with Crippen molar-refractivity contribution in [2.24, 2.45) is 0 Å². The van der Waals surface area contributed by atoms with Crippen LogP contribution in [0.5, 0.6) is 0 Å². The van der Waals surface area contributed by atoms with Crippen molar-refractivity contribution in [3.05, 3.63) is 0 Å². The van der Waals surface area contributed by atoms with Crippen molar-refractivity contribution in [3.63, 3.8) is 0 Å². The molecule has 0 spiro atoms. The molecule has 15 heavy (non-hydrogen) atoms. The molecule has 0 saturated carbocycles. The highest BCUT2D eigenvalue weighted by atomic mass is 32.2. The molecule has 0 bridgehead atoms. The molecule has 0 aromatic carbocycles. The maximum absolute atomic E-state index is 11.6. The summed E-state index contributed by atoms with van der Waals surface area (Å²) < 4.78 is 25.6. The van der Waals surface area contributed by atoms with Crippen molar-refractivity contribution < 1.29 is 13.5 Å². The van der Waals surface area contributed by atoms with E-state index < -0.39 is 15.3 Å². The highest BCUT2D eigenvalue weighted by Gasteiger charge is 2.24. The second-order valence-corrected chi connectivity index (χ2v) is 5.35. The SMILES string of the molecule is CCC(C#N)S(=O)(=O)NC(C)CCCO. The lowest BCUT2D eigenvalue weighted by molar-refractivity contribution is 0.279. The van der Waals surface area contributed by atoms with Crippen molar-refractivity contribution in [3.8, 4) is 6.07 Å². The molecule has 88 valence electrons. The van der Waals surface area contributed by atoms with Gasteiger partial charge in [-0.15, -0.1) is 0 Å². The van der Waals surface area contributed by atoms with Crippen LogP contribution in [0.25, 0.3) is 0 Å². The number of hydrogen-bond acceptors (Lipinski definition) is 4. The number of aliphatic hydroxyl groups is 1. The number of hydrogen-bond donors (Lipinski definition) is 2. The number of aliphatic hydroxyl groups excluding tert-OH is 1. The molecule has 0 aromatic heterocycles. The average Bonchev–Trinajstić information content (AvgIpc) is 2.15. The summed E-state index contributed by atoms with van der Waals surface area (Å²) in [4.78, 5) is 0. The summed E-state index contributed by atoms with van der Waals surface area (Å²) in [7, 11) is -3.54. The zero-order valence-electron chi connectivity index (χ0n) is 9.10. The largest absolute Gasteiger partial charge is 0.396 e. The third kappa shape index (κ3) is 5.11. The van der Waals surface area contributed by atoms with Crippen LogP contribution in [0.15, 0.2) is 0 Å². The van der Waals surface area contributed by atoms with Crippen molar-refractivity contribution in [1.29, 1.82) is 5.26 Å². The number of nitrogens with one attached hydrogen (secondary N) is 1. The molecule has 6 heteroatoms. The third-order valence-corrected chi connectivity index (χ3v) is 3.97. The van der Waals surface area contributed by atoms with Gasteiger partial charge in [0.1, 0.15) is 0 Å². The Kier molecular flexibility index (Phi) is 6.48. The highest BCUT2D eigenvalue weighted by Crippen LogP contribution is 2.06. The monoisotopic (exact) mass is 234 g/mol. The lowest BCUT2D eigenvalue weighted by atomic mass is 10.2. The fourth-order valence-corrected chi connectivity index (χ4v) is 2.62. The van der Waals surface area contributed by atoms with Crippen molar-refractivity contribution in [1.82, 2.24) is 4.72 Å². The van der Waals surface area contributed by atoms with Gasteiger partial charge in [0.15, 0.2) is 5.25 Å². The van der Waals surface area contributed by atoms with E-state index in [1.807, 2.05) is 0 Å². The van der Waals surface area contributed by atoms with Gasteiger partial charge in [-0.2, -0.15) is 5.26 Å². The predicted octanol–water partition coefficient (Wildman–Crippen LogP) is 0.369. The molecule has 0 aliphatic carbocycles. The maximum atomic E-state index is 11.6. The Bertz CT molecular complexity index is 308. The first kappa shape index (κ1) is 14.4.